The summed E-state index contributed by atoms with van der Waals surface area (Å²) in [6.45, 7) is 2.09. The number of pyridine rings is 1. The zero-order valence-electron chi connectivity index (χ0n) is 9.56. The van der Waals surface area contributed by atoms with Crippen LogP contribution in [0.3, 0.4) is 0 Å². The van der Waals surface area contributed by atoms with E-state index in [0.29, 0.717) is 18.1 Å². The molecule has 0 saturated heterocycles. The topological polar surface area (TPSA) is 71.5 Å². The molecule has 0 aliphatic heterocycles. The smallest absolute Gasteiger partial charge is 0.251 e. The lowest BCUT2D eigenvalue weighted by molar-refractivity contribution is -0.120. The van der Waals surface area contributed by atoms with E-state index in [-0.39, 0.29) is 19.1 Å². The van der Waals surface area contributed by atoms with Crippen LogP contribution in [0.25, 0.3) is 0 Å². The van der Waals surface area contributed by atoms with Crippen molar-refractivity contribution in [2.45, 2.75) is 6.92 Å². The van der Waals surface area contributed by atoms with Crippen LogP contribution in [0, 0.1) is 11.8 Å². The number of rotatable bonds is 4. The number of carbonyl (C=O) groups is 1. The van der Waals surface area contributed by atoms with Crippen molar-refractivity contribution in [3.63, 3.8) is 0 Å². The molecular weight excluding hydrogens is 220 g/mol. The normalized spacial score (nSPS) is 9.29. The zero-order valence-corrected chi connectivity index (χ0v) is 9.56. The summed E-state index contributed by atoms with van der Waals surface area (Å²) in [4.78, 5) is 15.4. The first-order valence-electron chi connectivity index (χ1n) is 5.20. The number of hydrogen-bond acceptors (Lipinski definition) is 4. The summed E-state index contributed by atoms with van der Waals surface area (Å²) in [7, 11) is 0. The minimum atomic E-state index is -0.258. The molecule has 5 heteroatoms. The van der Waals surface area contributed by atoms with E-state index in [0.717, 1.165) is 0 Å². The maximum absolute atomic E-state index is 11.3. The van der Waals surface area contributed by atoms with E-state index in [1.807, 2.05) is 6.92 Å². The number of anilines is 1. The summed E-state index contributed by atoms with van der Waals surface area (Å²) in [5, 5.41) is 11.1. The van der Waals surface area contributed by atoms with Crippen LogP contribution in [0.15, 0.2) is 18.2 Å². The van der Waals surface area contributed by atoms with E-state index in [2.05, 4.69) is 22.1 Å². The van der Waals surface area contributed by atoms with Crippen LogP contribution in [0.4, 0.5) is 5.82 Å². The second kappa shape index (κ2) is 7.39. The Morgan fingerprint density at radius 3 is 3.12 bits per heavy atom. The molecule has 0 radical (unpaired) electrons. The highest BCUT2D eigenvalue weighted by Crippen LogP contribution is 2.03. The van der Waals surface area contributed by atoms with Crippen LogP contribution >= 0.6 is 0 Å². The van der Waals surface area contributed by atoms with Crippen LogP contribution in [-0.2, 0) is 9.53 Å². The highest BCUT2D eigenvalue weighted by Gasteiger charge is 2.02. The van der Waals surface area contributed by atoms with Gasteiger partial charge in [-0.2, -0.15) is 0 Å². The number of aliphatic hydroxyl groups is 1. The fraction of sp³-hybridized carbons (Fsp3) is 0.333. The third kappa shape index (κ3) is 5.11. The SMILES string of the molecule is CCOCC(=O)Nc1cccc(C#CCO)n1. The highest BCUT2D eigenvalue weighted by molar-refractivity contribution is 5.90. The predicted octanol–water partition coefficient (Wildman–Crippen LogP) is 0.400. The number of amides is 1. The van der Waals surface area contributed by atoms with Gasteiger partial charge < -0.3 is 15.2 Å². The fourth-order valence-corrected chi connectivity index (χ4v) is 1.08. The lowest BCUT2D eigenvalue weighted by Gasteiger charge is -2.04. The first-order chi connectivity index (χ1) is 8.26. The molecule has 1 aromatic heterocycles. The van der Waals surface area contributed by atoms with Crippen molar-refractivity contribution in [3.8, 4) is 11.8 Å². The van der Waals surface area contributed by atoms with Gasteiger partial charge in [0, 0.05) is 6.61 Å². The molecule has 0 saturated carbocycles. The van der Waals surface area contributed by atoms with Crippen LogP contribution in [0.1, 0.15) is 12.6 Å². The van der Waals surface area contributed by atoms with Crippen molar-refractivity contribution >= 4 is 11.7 Å². The van der Waals surface area contributed by atoms with E-state index in [4.69, 9.17) is 9.84 Å². The van der Waals surface area contributed by atoms with Crippen molar-refractivity contribution < 1.29 is 14.6 Å². The minimum absolute atomic E-state index is 0.00469. The van der Waals surface area contributed by atoms with E-state index >= 15 is 0 Å². The molecule has 1 rings (SSSR count). The van der Waals surface area contributed by atoms with Gasteiger partial charge in [0.1, 0.15) is 24.7 Å². The molecule has 1 aromatic rings. The standard InChI is InChI=1S/C12H14N2O3/c1-2-17-9-12(16)14-11-7-3-5-10(13-11)6-4-8-15/h3,5,7,15H,2,8-9H2,1H3,(H,13,14,16). The third-order valence-corrected chi connectivity index (χ3v) is 1.75. The van der Waals surface area contributed by atoms with E-state index < -0.39 is 0 Å². The van der Waals surface area contributed by atoms with Gasteiger partial charge in [-0.15, -0.1) is 0 Å². The Morgan fingerprint density at radius 1 is 1.59 bits per heavy atom. The molecule has 0 spiro atoms. The number of carbonyl (C=O) groups excluding carboxylic acids is 1. The van der Waals surface area contributed by atoms with Crippen molar-refractivity contribution in [3.05, 3.63) is 23.9 Å². The molecule has 17 heavy (non-hydrogen) atoms. The molecular formula is C12H14N2O3. The number of hydrogen-bond donors (Lipinski definition) is 2. The summed E-state index contributed by atoms with van der Waals surface area (Å²) in [5.41, 5.74) is 0.494. The Bertz CT molecular complexity index is 435. The van der Waals surface area contributed by atoms with Gasteiger partial charge in [0.05, 0.1) is 0 Å². The summed E-state index contributed by atoms with van der Waals surface area (Å²) in [5.74, 6) is 5.30. The highest BCUT2D eigenvalue weighted by atomic mass is 16.5. The monoisotopic (exact) mass is 234 g/mol. The van der Waals surface area contributed by atoms with Crippen molar-refractivity contribution in [1.82, 2.24) is 4.98 Å². The quantitative estimate of drug-likeness (QED) is 0.740. The molecule has 0 unspecified atom stereocenters. The molecule has 0 fully saturated rings. The lowest BCUT2D eigenvalue weighted by Crippen LogP contribution is -2.19. The van der Waals surface area contributed by atoms with Crippen LogP contribution in [-0.4, -0.2) is 35.8 Å². The fourth-order valence-electron chi connectivity index (χ4n) is 1.08. The van der Waals surface area contributed by atoms with Crippen molar-refractivity contribution in [1.29, 1.82) is 0 Å². The Hall–Kier alpha value is -1.90. The summed E-state index contributed by atoms with van der Waals surface area (Å²) in [6.07, 6.45) is 0. The molecule has 1 amide bonds. The second-order valence-corrected chi connectivity index (χ2v) is 3.05. The van der Waals surface area contributed by atoms with E-state index in [9.17, 15) is 4.79 Å². The Morgan fingerprint density at radius 2 is 2.41 bits per heavy atom. The number of nitrogens with zero attached hydrogens (tertiary/aromatic N) is 1. The molecule has 90 valence electrons. The molecule has 0 aliphatic rings. The van der Waals surface area contributed by atoms with Gasteiger partial charge in [0.2, 0.25) is 0 Å². The van der Waals surface area contributed by atoms with E-state index in [1.54, 1.807) is 18.2 Å². The molecule has 0 aliphatic carbocycles. The number of nitrogens with one attached hydrogen (secondary N) is 1. The number of ether oxygens (including phenoxy) is 1. The molecule has 0 bridgehead atoms. The van der Waals surface area contributed by atoms with Gasteiger partial charge >= 0.3 is 0 Å². The largest absolute Gasteiger partial charge is 0.384 e. The molecule has 1 heterocycles. The van der Waals surface area contributed by atoms with Crippen LogP contribution < -0.4 is 5.32 Å². The van der Waals surface area contributed by atoms with Gasteiger partial charge in [-0.3, -0.25) is 4.79 Å². The lowest BCUT2D eigenvalue weighted by atomic mass is 10.3. The third-order valence-electron chi connectivity index (χ3n) is 1.75. The summed E-state index contributed by atoms with van der Waals surface area (Å²) >= 11 is 0. The summed E-state index contributed by atoms with van der Waals surface area (Å²) < 4.78 is 4.96. The van der Waals surface area contributed by atoms with Crippen molar-refractivity contribution in [2.24, 2.45) is 0 Å². The van der Waals surface area contributed by atoms with Gasteiger partial charge in [-0.05, 0) is 25.0 Å². The molecule has 0 atom stereocenters. The minimum Gasteiger partial charge on any atom is -0.384 e. The average molecular weight is 234 g/mol. The predicted molar refractivity (Wildman–Crippen MR) is 63.3 cm³/mol. The Kier molecular flexibility index (Phi) is 5.72. The molecule has 0 aromatic carbocycles. The second-order valence-electron chi connectivity index (χ2n) is 3.05. The van der Waals surface area contributed by atoms with Crippen LogP contribution in [0.5, 0.6) is 0 Å². The Balaban J connectivity index is 2.62. The van der Waals surface area contributed by atoms with Gasteiger partial charge in [0.15, 0.2) is 0 Å². The first-order valence-corrected chi connectivity index (χ1v) is 5.20. The first kappa shape index (κ1) is 13.2. The van der Waals surface area contributed by atoms with Crippen LogP contribution in [0.2, 0.25) is 0 Å². The molecule has 2 N–H and O–H groups in total. The van der Waals surface area contributed by atoms with Crippen molar-refractivity contribution in [2.75, 3.05) is 25.1 Å². The van der Waals surface area contributed by atoms with Gasteiger partial charge in [0.25, 0.3) is 5.91 Å². The maximum Gasteiger partial charge on any atom is 0.251 e. The molecule has 5 nitrogen and oxygen atoms in total. The van der Waals surface area contributed by atoms with E-state index in [1.165, 1.54) is 0 Å². The number of aliphatic hydroxyl groups excluding tert-OH is 1. The van der Waals surface area contributed by atoms with Gasteiger partial charge in [-0.25, -0.2) is 4.98 Å². The maximum atomic E-state index is 11.3. The Labute approximate surface area is 99.8 Å². The van der Waals surface area contributed by atoms with Gasteiger partial charge in [-0.1, -0.05) is 12.0 Å². The zero-order chi connectivity index (χ0) is 12.5. The number of aromatic nitrogens is 1. The average Bonchev–Trinajstić information content (AvgIpc) is 2.34. The summed E-state index contributed by atoms with van der Waals surface area (Å²) in [6, 6.07) is 5.08.